The molecule has 2 aromatic rings. The molecule has 36 heavy (non-hydrogen) atoms. The largest absolute Gasteiger partial charge is 0.388 e. The van der Waals surface area contributed by atoms with Crippen molar-refractivity contribution in [1.82, 2.24) is 5.32 Å². The molecule has 0 fully saturated rings. The van der Waals surface area contributed by atoms with Crippen LogP contribution in [0.3, 0.4) is 0 Å². The molecule has 0 spiro atoms. The predicted octanol–water partition coefficient (Wildman–Crippen LogP) is 7.41. The molecular formula is C33H43N2O+. The van der Waals surface area contributed by atoms with Gasteiger partial charge in [0.05, 0.1) is 5.41 Å². The molecule has 0 saturated carbocycles. The summed E-state index contributed by atoms with van der Waals surface area (Å²) in [6, 6.07) is 19.3. The first-order valence-corrected chi connectivity index (χ1v) is 13.2. The van der Waals surface area contributed by atoms with Gasteiger partial charge in [-0.25, -0.2) is 0 Å². The van der Waals surface area contributed by atoms with Gasteiger partial charge in [0.25, 0.3) is 0 Å². The summed E-state index contributed by atoms with van der Waals surface area (Å²) in [5, 5.41) is 3.70. The van der Waals surface area contributed by atoms with Crippen molar-refractivity contribution >= 4 is 17.2 Å². The van der Waals surface area contributed by atoms with Crippen LogP contribution in [0.4, 0.5) is 5.69 Å². The lowest BCUT2D eigenvalue weighted by Gasteiger charge is -2.30. The molecule has 0 atom stereocenters. The van der Waals surface area contributed by atoms with E-state index in [4.69, 9.17) is 0 Å². The SMILES string of the molecule is CC(=O)CCCCCN/C(=C/C=C/C=C/C1=[N+](C)c2ccccc2C1(C)C)C(C)(C)c1ccccc1. The minimum Gasteiger partial charge on any atom is -0.388 e. The van der Waals surface area contributed by atoms with E-state index in [-0.39, 0.29) is 16.6 Å². The molecule has 2 aromatic carbocycles. The minimum atomic E-state index is -0.140. The summed E-state index contributed by atoms with van der Waals surface area (Å²) in [5.41, 5.74) is 6.27. The number of benzene rings is 2. The zero-order valence-electron chi connectivity index (χ0n) is 23.0. The molecule has 0 bridgehead atoms. The van der Waals surface area contributed by atoms with Gasteiger partial charge in [-0.05, 0) is 45.3 Å². The number of ketones is 1. The summed E-state index contributed by atoms with van der Waals surface area (Å²) in [7, 11) is 2.15. The lowest BCUT2D eigenvalue weighted by atomic mass is 9.81. The number of unbranched alkanes of at least 4 members (excludes halogenated alkanes) is 2. The summed E-state index contributed by atoms with van der Waals surface area (Å²) in [6.07, 6.45) is 14.6. The van der Waals surface area contributed by atoms with Crippen molar-refractivity contribution in [2.45, 2.75) is 71.1 Å². The molecule has 1 heterocycles. The van der Waals surface area contributed by atoms with Gasteiger partial charge in [0.1, 0.15) is 12.8 Å². The quantitative estimate of drug-likeness (QED) is 0.194. The van der Waals surface area contributed by atoms with Gasteiger partial charge in [-0.15, -0.1) is 0 Å². The fourth-order valence-corrected chi connectivity index (χ4v) is 5.06. The van der Waals surface area contributed by atoms with Crippen LogP contribution in [0, 0.1) is 0 Å². The van der Waals surface area contributed by atoms with E-state index in [1.165, 1.54) is 28.2 Å². The Balaban J connectivity index is 1.73. The molecule has 1 aliphatic heterocycles. The Kier molecular flexibility index (Phi) is 9.25. The highest BCUT2D eigenvalue weighted by atomic mass is 16.1. The number of hydrogen-bond donors (Lipinski definition) is 1. The summed E-state index contributed by atoms with van der Waals surface area (Å²) in [5.74, 6) is 0.279. The number of Topliss-reactive ketones (excluding diaryl/α,β-unsaturated/α-hetero) is 1. The second kappa shape index (κ2) is 12.2. The van der Waals surface area contributed by atoms with Crippen molar-refractivity contribution in [2.24, 2.45) is 0 Å². The summed E-state index contributed by atoms with van der Waals surface area (Å²) >= 11 is 0. The maximum absolute atomic E-state index is 11.2. The number of nitrogens with zero attached hydrogens (tertiary/aromatic N) is 1. The fourth-order valence-electron chi connectivity index (χ4n) is 5.06. The maximum Gasteiger partial charge on any atom is 0.209 e. The first kappa shape index (κ1) is 27.4. The van der Waals surface area contributed by atoms with E-state index in [0.717, 1.165) is 25.8 Å². The molecule has 0 aliphatic carbocycles. The highest BCUT2D eigenvalue weighted by Gasteiger charge is 2.42. The molecule has 0 aromatic heterocycles. The van der Waals surface area contributed by atoms with E-state index >= 15 is 0 Å². The van der Waals surface area contributed by atoms with Crippen LogP contribution in [-0.2, 0) is 15.6 Å². The van der Waals surface area contributed by atoms with Gasteiger partial charge in [-0.3, -0.25) is 0 Å². The number of fused-ring (bicyclic) bond motifs is 1. The Morgan fingerprint density at radius 3 is 2.33 bits per heavy atom. The third kappa shape index (κ3) is 6.51. The molecule has 3 heteroatoms. The van der Waals surface area contributed by atoms with Crippen molar-refractivity contribution in [2.75, 3.05) is 13.6 Å². The molecule has 0 amide bonds. The number of rotatable bonds is 12. The van der Waals surface area contributed by atoms with Crippen molar-refractivity contribution < 1.29 is 9.37 Å². The molecule has 190 valence electrons. The van der Waals surface area contributed by atoms with Crippen LogP contribution >= 0.6 is 0 Å². The van der Waals surface area contributed by atoms with Gasteiger partial charge in [0.2, 0.25) is 5.69 Å². The highest BCUT2D eigenvalue weighted by molar-refractivity contribution is 6.03. The molecule has 3 nitrogen and oxygen atoms in total. The molecular weight excluding hydrogens is 440 g/mol. The number of carbonyl (C=O) groups excluding carboxylic acids is 1. The second-order valence-electron chi connectivity index (χ2n) is 10.8. The number of carbonyl (C=O) groups is 1. The molecule has 0 radical (unpaired) electrons. The van der Waals surface area contributed by atoms with E-state index in [0.29, 0.717) is 6.42 Å². The zero-order valence-corrected chi connectivity index (χ0v) is 23.0. The maximum atomic E-state index is 11.2. The summed E-state index contributed by atoms with van der Waals surface area (Å²) in [4.78, 5) is 11.2. The van der Waals surface area contributed by atoms with Crippen LogP contribution in [0.25, 0.3) is 0 Å². The summed E-state index contributed by atoms with van der Waals surface area (Å²) in [6.45, 7) is 11.7. The van der Waals surface area contributed by atoms with Gasteiger partial charge in [-0.1, -0.05) is 87.0 Å². The van der Waals surface area contributed by atoms with Gasteiger partial charge in [0, 0.05) is 41.8 Å². The monoisotopic (exact) mass is 483 g/mol. The average Bonchev–Trinajstić information content (AvgIpc) is 3.05. The van der Waals surface area contributed by atoms with Crippen LogP contribution < -0.4 is 5.32 Å². The minimum absolute atomic E-state index is 0.0179. The topological polar surface area (TPSA) is 32.1 Å². The van der Waals surface area contributed by atoms with Crippen LogP contribution in [0.2, 0.25) is 0 Å². The lowest BCUT2D eigenvalue weighted by Crippen LogP contribution is -2.31. The number of para-hydroxylation sites is 1. The lowest BCUT2D eigenvalue weighted by molar-refractivity contribution is -0.401. The highest BCUT2D eigenvalue weighted by Crippen LogP contribution is 2.39. The first-order valence-electron chi connectivity index (χ1n) is 13.2. The first-order chi connectivity index (χ1) is 17.2. The zero-order chi connectivity index (χ0) is 26.2. The molecule has 3 rings (SSSR count). The Morgan fingerprint density at radius 1 is 0.944 bits per heavy atom. The van der Waals surface area contributed by atoms with E-state index < -0.39 is 0 Å². The van der Waals surface area contributed by atoms with E-state index in [2.05, 4.69) is 130 Å². The molecule has 0 unspecified atom stereocenters. The van der Waals surface area contributed by atoms with Crippen LogP contribution in [-0.4, -0.2) is 29.7 Å². The second-order valence-corrected chi connectivity index (χ2v) is 10.8. The van der Waals surface area contributed by atoms with Crippen LogP contribution in [0.1, 0.15) is 71.4 Å². The Hall–Kier alpha value is -3.20. The third-order valence-corrected chi connectivity index (χ3v) is 7.37. The van der Waals surface area contributed by atoms with Gasteiger partial charge >= 0.3 is 0 Å². The third-order valence-electron chi connectivity index (χ3n) is 7.37. The average molecular weight is 484 g/mol. The van der Waals surface area contributed by atoms with E-state index in [9.17, 15) is 4.79 Å². The molecule has 1 aliphatic rings. The van der Waals surface area contributed by atoms with Gasteiger partial charge < -0.3 is 10.1 Å². The number of hydrogen-bond acceptors (Lipinski definition) is 2. The Labute approximate surface area is 218 Å². The van der Waals surface area contributed by atoms with Crippen LogP contribution in [0.5, 0.6) is 0 Å². The molecule has 1 N–H and O–H groups in total. The van der Waals surface area contributed by atoms with E-state index in [1.54, 1.807) is 6.92 Å². The van der Waals surface area contributed by atoms with Gasteiger partial charge in [0.15, 0.2) is 5.71 Å². The fraction of sp³-hybridized carbons (Fsp3) is 0.394. The normalized spacial score (nSPS) is 15.7. The number of nitrogens with one attached hydrogen (secondary N) is 1. The Morgan fingerprint density at radius 2 is 1.64 bits per heavy atom. The van der Waals surface area contributed by atoms with Crippen molar-refractivity contribution in [3.05, 3.63) is 102 Å². The molecule has 0 saturated heterocycles. The van der Waals surface area contributed by atoms with Crippen LogP contribution in [0.15, 0.2) is 90.7 Å². The summed E-state index contributed by atoms with van der Waals surface area (Å²) < 4.78 is 2.30. The van der Waals surface area contributed by atoms with Crippen molar-refractivity contribution in [3.63, 3.8) is 0 Å². The predicted molar refractivity (Wildman–Crippen MR) is 153 cm³/mol. The van der Waals surface area contributed by atoms with E-state index in [1.807, 2.05) is 0 Å². The van der Waals surface area contributed by atoms with Gasteiger partial charge in [-0.2, -0.15) is 4.58 Å². The standard InChI is InChI=1S/C33H42N2O/c1-26(36)18-10-9-17-25-34-30(32(2,3)27-19-11-7-12-20-27)23-13-8-14-24-31-33(4,5)28-21-15-16-22-29(28)35(31)6/h7-8,11-16,19-24H,9-10,17-18,25H2,1-6H3/p+1. The van der Waals surface area contributed by atoms with Crippen molar-refractivity contribution in [3.8, 4) is 0 Å². The smallest absolute Gasteiger partial charge is 0.209 e. The Bertz CT molecular complexity index is 1160. The van der Waals surface area contributed by atoms with Crippen molar-refractivity contribution in [1.29, 1.82) is 0 Å². The number of allylic oxidation sites excluding steroid dienone is 6.